The number of hydrogen-bond donors (Lipinski definition) is 1. The van der Waals surface area contributed by atoms with Crippen molar-refractivity contribution in [2.75, 3.05) is 18.2 Å². The molecule has 30 heavy (non-hydrogen) atoms. The number of methoxy groups -OCH3 is 1. The molecule has 154 valence electrons. The van der Waals surface area contributed by atoms with E-state index in [0.717, 1.165) is 22.6 Å². The first-order valence-corrected chi connectivity index (χ1v) is 10.8. The van der Waals surface area contributed by atoms with Crippen molar-refractivity contribution in [1.29, 1.82) is 0 Å². The van der Waals surface area contributed by atoms with Crippen molar-refractivity contribution in [2.45, 2.75) is 5.16 Å². The molecule has 0 unspecified atom stereocenters. The molecule has 3 heterocycles. The predicted octanol–water partition coefficient (Wildman–Crippen LogP) is 3.08. The summed E-state index contributed by atoms with van der Waals surface area (Å²) >= 11 is 2.69. The SMILES string of the molecule is COc1cccc(-c2nn(C)cc2-c2nnc(SCC(=O)Nc3nccs3)n2C)c1. The molecule has 0 bridgehead atoms. The first-order valence-electron chi connectivity index (χ1n) is 8.95. The number of thioether (sulfide) groups is 1. The average molecular weight is 442 g/mol. The molecule has 0 aliphatic rings. The van der Waals surface area contributed by atoms with Crippen LogP contribution in [0.2, 0.25) is 0 Å². The molecular formula is C19H19N7O2S2. The lowest BCUT2D eigenvalue weighted by Crippen LogP contribution is -2.14. The summed E-state index contributed by atoms with van der Waals surface area (Å²) in [5, 5.41) is 19.0. The van der Waals surface area contributed by atoms with Crippen LogP contribution in [-0.2, 0) is 18.9 Å². The van der Waals surface area contributed by atoms with Gasteiger partial charge in [-0.2, -0.15) is 5.10 Å². The number of hydrogen-bond acceptors (Lipinski definition) is 8. The van der Waals surface area contributed by atoms with Crippen molar-refractivity contribution in [3.63, 3.8) is 0 Å². The van der Waals surface area contributed by atoms with Gasteiger partial charge in [0.25, 0.3) is 0 Å². The minimum absolute atomic E-state index is 0.141. The van der Waals surface area contributed by atoms with Gasteiger partial charge in [-0.05, 0) is 12.1 Å². The maximum Gasteiger partial charge on any atom is 0.236 e. The number of carbonyl (C=O) groups is 1. The van der Waals surface area contributed by atoms with Gasteiger partial charge in [0.05, 0.1) is 18.4 Å². The van der Waals surface area contributed by atoms with Gasteiger partial charge in [0, 0.05) is 37.4 Å². The summed E-state index contributed by atoms with van der Waals surface area (Å²) in [6.07, 6.45) is 3.55. The molecule has 4 aromatic rings. The van der Waals surface area contributed by atoms with Crippen LogP contribution in [0, 0.1) is 0 Å². The van der Waals surface area contributed by atoms with Gasteiger partial charge in [0.15, 0.2) is 16.1 Å². The molecule has 0 aliphatic heterocycles. The molecule has 0 radical (unpaired) electrons. The fourth-order valence-corrected chi connectivity index (χ4v) is 4.14. The molecule has 0 fully saturated rings. The first-order chi connectivity index (χ1) is 14.5. The fraction of sp³-hybridized carbons (Fsp3) is 0.211. The van der Waals surface area contributed by atoms with Crippen molar-refractivity contribution >= 4 is 34.1 Å². The number of rotatable bonds is 7. The van der Waals surface area contributed by atoms with Crippen molar-refractivity contribution in [3.05, 3.63) is 42.0 Å². The highest BCUT2D eigenvalue weighted by Gasteiger charge is 2.20. The summed E-state index contributed by atoms with van der Waals surface area (Å²) in [7, 11) is 5.37. The lowest BCUT2D eigenvalue weighted by atomic mass is 10.1. The second-order valence-electron chi connectivity index (χ2n) is 6.34. The number of thiazole rings is 1. The number of carbonyl (C=O) groups excluding carboxylic acids is 1. The highest BCUT2D eigenvalue weighted by molar-refractivity contribution is 7.99. The zero-order valence-corrected chi connectivity index (χ0v) is 18.2. The maximum absolute atomic E-state index is 12.1. The Kier molecular flexibility index (Phi) is 5.81. The van der Waals surface area contributed by atoms with E-state index in [-0.39, 0.29) is 11.7 Å². The molecule has 3 aromatic heterocycles. The van der Waals surface area contributed by atoms with Gasteiger partial charge in [0.1, 0.15) is 11.4 Å². The molecule has 11 heteroatoms. The molecule has 4 rings (SSSR count). The maximum atomic E-state index is 12.1. The van der Waals surface area contributed by atoms with Crippen molar-refractivity contribution in [3.8, 4) is 28.4 Å². The third-order valence-electron chi connectivity index (χ3n) is 4.26. The van der Waals surface area contributed by atoms with E-state index in [0.29, 0.717) is 16.1 Å². The smallest absolute Gasteiger partial charge is 0.236 e. The topological polar surface area (TPSA) is 99.8 Å². The van der Waals surface area contributed by atoms with Gasteiger partial charge >= 0.3 is 0 Å². The molecular weight excluding hydrogens is 422 g/mol. The monoisotopic (exact) mass is 441 g/mol. The van der Waals surface area contributed by atoms with Gasteiger partial charge in [-0.25, -0.2) is 4.98 Å². The van der Waals surface area contributed by atoms with Gasteiger partial charge in [-0.15, -0.1) is 21.5 Å². The van der Waals surface area contributed by atoms with E-state index in [9.17, 15) is 4.79 Å². The second kappa shape index (κ2) is 8.67. The molecule has 0 atom stereocenters. The number of aromatic nitrogens is 6. The molecule has 0 aliphatic carbocycles. The van der Waals surface area contributed by atoms with Crippen molar-refractivity contribution in [2.24, 2.45) is 14.1 Å². The van der Waals surface area contributed by atoms with E-state index in [1.807, 2.05) is 54.5 Å². The zero-order chi connectivity index (χ0) is 21.1. The predicted molar refractivity (Wildman–Crippen MR) is 117 cm³/mol. The van der Waals surface area contributed by atoms with Crippen LogP contribution in [0.4, 0.5) is 5.13 Å². The van der Waals surface area contributed by atoms with Gasteiger partial charge in [-0.1, -0.05) is 23.9 Å². The summed E-state index contributed by atoms with van der Waals surface area (Å²) in [4.78, 5) is 16.2. The van der Waals surface area contributed by atoms with Crippen LogP contribution in [0.1, 0.15) is 0 Å². The van der Waals surface area contributed by atoms with Gasteiger partial charge < -0.3 is 14.6 Å². The van der Waals surface area contributed by atoms with E-state index in [2.05, 4.69) is 25.6 Å². The summed E-state index contributed by atoms with van der Waals surface area (Å²) < 4.78 is 8.94. The van der Waals surface area contributed by atoms with Crippen LogP contribution in [0.3, 0.4) is 0 Å². The van der Waals surface area contributed by atoms with Crippen LogP contribution in [0.25, 0.3) is 22.6 Å². The molecule has 1 N–H and O–H groups in total. The second-order valence-corrected chi connectivity index (χ2v) is 8.17. The number of ether oxygens (including phenoxy) is 1. The number of nitrogens with one attached hydrogen (secondary N) is 1. The Morgan fingerprint density at radius 1 is 1.30 bits per heavy atom. The molecule has 9 nitrogen and oxygen atoms in total. The van der Waals surface area contributed by atoms with Crippen LogP contribution in [0.15, 0.2) is 47.2 Å². The molecule has 0 saturated carbocycles. The van der Waals surface area contributed by atoms with Gasteiger partial charge in [-0.3, -0.25) is 9.48 Å². The Morgan fingerprint density at radius 2 is 2.17 bits per heavy atom. The van der Waals surface area contributed by atoms with E-state index >= 15 is 0 Å². The normalized spacial score (nSPS) is 10.9. The largest absolute Gasteiger partial charge is 0.497 e. The third-order valence-corrected chi connectivity index (χ3v) is 5.97. The number of benzene rings is 1. The highest BCUT2D eigenvalue weighted by atomic mass is 32.2. The van der Waals surface area contributed by atoms with Crippen LogP contribution in [0.5, 0.6) is 5.75 Å². The van der Waals surface area contributed by atoms with Gasteiger partial charge in [0.2, 0.25) is 5.91 Å². The van der Waals surface area contributed by atoms with Crippen molar-refractivity contribution in [1.82, 2.24) is 29.5 Å². The third kappa shape index (κ3) is 4.21. The molecule has 0 saturated heterocycles. The average Bonchev–Trinajstić information content (AvgIpc) is 3.47. The number of amides is 1. The lowest BCUT2D eigenvalue weighted by molar-refractivity contribution is -0.113. The number of anilines is 1. The quantitative estimate of drug-likeness (QED) is 0.440. The van der Waals surface area contributed by atoms with Crippen LogP contribution in [-0.4, -0.2) is 48.3 Å². The minimum atomic E-state index is -0.141. The number of aryl methyl sites for hydroxylation is 1. The Labute approximate surface area is 181 Å². The van der Waals surface area contributed by atoms with E-state index in [4.69, 9.17) is 4.74 Å². The Morgan fingerprint density at radius 3 is 2.93 bits per heavy atom. The highest BCUT2D eigenvalue weighted by Crippen LogP contribution is 2.32. The molecule has 1 aromatic carbocycles. The van der Waals surface area contributed by atoms with E-state index < -0.39 is 0 Å². The Bertz CT molecular complexity index is 1170. The summed E-state index contributed by atoms with van der Waals surface area (Å²) in [6.45, 7) is 0. The summed E-state index contributed by atoms with van der Waals surface area (Å²) in [5.74, 6) is 1.49. The molecule has 0 spiro atoms. The Balaban J connectivity index is 1.56. The number of nitrogens with zero attached hydrogens (tertiary/aromatic N) is 6. The van der Waals surface area contributed by atoms with Crippen LogP contribution < -0.4 is 10.1 Å². The zero-order valence-electron chi connectivity index (χ0n) is 16.6. The minimum Gasteiger partial charge on any atom is -0.497 e. The summed E-state index contributed by atoms with van der Waals surface area (Å²) in [5.41, 5.74) is 2.55. The summed E-state index contributed by atoms with van der Waals surface area (Å²) in [6, 6.07) is 7.72. The van der Waals surface area contributed by atoms with E-state index in [1.54, 1.807) is 18.0 Å². The fourth-order valence-electron chi connectivity index (χ4n) is 2.88. The molecule has 1 amide bonds. The van der Waals surface area contributed by atoms with Crippen LogP contribution >= 0.6 is 23.1 Å². The standard InChI is InChI=1S/C19H19N7O2S2/c1-25-10-14(16(24-25)12-5-4-6-13(9-12)28-3)17-22-23-19(26(17)2)30-11-15(27)21-18-20-7-8-29-18/h4-10H,11H2,1-3H3,(H,20,21,27). The van der Waals surface area contributed by atoms with Crippen molar-refractivity contribution < 1.29 is 9.53 Å². The first kappa shape index (κ1) is 20.1. The lowest BCUT2D eigenvalue weighted by Gasteiger charge is -2.06. The van der Waals surface area contributed by atoms with E-state index in [1.165, 1.54) is 23.1 Å². The Hall–Kier alpha value is -3.18.